The van der Waals surface area contributed by atoms with Crippen molar-refractivity contribution in [3.63, 3.8) is 0 Å². The summed E-state index contributed by atoms with van der Waals surface area (Å²) < 4.78 is 0. The first kappa shape index (κ1) is 14.6. The molecular weight excluding hydrogens is 299 g/mol. The molecule has 0 aromatic carbocycles. The molecule has 2 rings (SSSR count). The average Bonchev–Trinajstić information content (AvgIpc) is 2.38. The lowest BCUT2D eigenvalue weighted by molar-refractivity contribution is 0.102. The topological polar surface area (TPSA) is 58.1 Å². The molecule has 5 nitrogen and oxygen atoms in total. The smallest absolute Gasteiger partial charge is 0.255 e. The van der Waals surface area contributed by atoms with E-state index in [0.717, 1.165) is 5.82 Å². The van der Waals surface area contributed by atoms with Crippen LogP contribution in [0.4, 0.5) is 11.5 Å². The van der Waals surface area contributed by atoms with Crippen LogP contribution in [0.5, 0.6) is 0 Å². The fourth-order valence-electron chi connectivity index (χ4n) is 1.52. The Morgan fingerprint density at radius 3 is 2.35 bits per heavy atom. The van der Waals surface area contributed by atoms with Crippen molar-refractivity contribution in [2.24, 2.45) is 0 Å². The summed E-state index contributed by atoms with van der Waals surface area (Å²) in [4.78, 5) is 21.9. The number of anilines is 2. The summed E-state index contributed by atoms with van der Waals surface area (Å²) in [6.07, 6.45) is 1.58. The number of halogens is 2. The van der Waals surface area contributed by atoms with Gasteiger partial charge in [-0.05, 0) is 24.3 Å². The van der Waals surface area contributed by atoms with Crippen LogP contribution in [0, 0.1) is 0 Å². The lowest BCUT2D eigenvalue weighted by atomic mass is 10.2. The molecule has 2 heterocycles. The van der Waals surface area contributed by atoms with Crippen molar-refractivity contribution in [1.29, 1.82) is 0 Å². The van der Waals surface area contributed by atoms with E-state index in [2.05, 4.69) is 15.3 Å². The maximum atomic E-state index is 12.0. The molecule has 0 spiro atoms. The molecule has 0 aliphatic carbocycles. The Bertz CT molecular complexity index is 609. The van der Waals surface area contributed by atoms with E-state index >= 15 is 0 Å². The predicted octanol–water partition coefficient (Wildman–Crippen LogP) is 3.10. The van der Waals surface area contributed by atoms with Gasteiger partial charge in [-0.15, -0.1) is 0 Å². The molecule has 0 radical (unpaired) electrons. The van der Waals surface area contributed by atoms with Gasteiger partial charge in [-0.2, -0.15) is 0 Å². The second-order valence-corrected chi connectivity index (χ2v) is 5.03. The summed E-state index contributed by atoms with van der Waals surface area (Å²) in [5.41, 5.74) is 0.927. The van der Waals surface area contributed by atoms with E-state index in [0.29, 0.717) is 11.3 Å². The fraction of sp³-hybridized carbons (Fsp3) is 0.154. The zero-order valence-electron chi connectivity index (χ0n) is 10.9. The summed E-state index contributed by atoms with van der Waals surface area (Å²) in [6, 6.07) is 6.47. The van der Waals surface area contributed by atoms with Crippen LogP contribution in [0.2, 0.25) is 10.3 Å². The average molecular weight is 311 g/mol. The first-order chi connectivity index (χ1) is 9.45. The van der Waals surface area contributed by atoms with E-state index in [1.165, 1.54) is 12.1 Å². The number of carbonyl (C=O) groups is 1. The van der Waals surface area contributed by atoms with Crippen LogP contribution in [0.1, 0.15) is 10.4 Å². The van der Waals surface area contributed by atoms with Gasteiger partial charge in [0, 0.05) is 19.7 Å². The van der Waals surface area contributed by atoms with E-state index in [1.54, 1.807) is 12.3 Å². The molecule has 0 unspecified atom stereocenters. The summed E-state index contributed by atoms with van der Waals surface area (Å²) in [7, 11) is 3.78. The maximum Gasteiger partial charge on any atom is 0.255 e. The number of nitrogens with zero attached hydrogens (tertiary/aromatic N) is 3. The van der Waals surface area contributed by atoms with E-state index in [-0.39, 0.29) is 16.2 Å². The molecule has 20 heavy (non-hydrogen) atoms. The van der Waals surface area contributed by atoms with Crippen molar-refractivity contribution in [1.82, 2.24) is 9.97 Å². The van der Waals surface area contributed by atoms with Crippen LogP contribution in [0.25, 0.3) is 0 Å². The Hall–Kier alpha value is -1.85. The minimum atomic E-state index is -0.324. The molecular formula is C13H12Cl2N4O. The molecule has 0 atom stereocenters. The highest BCUT2D eigenvalue weighted by molar-refractivity contribution is 6.33. The van der Waals surface area contributed by atoms with Gasteiger partial charge >= 0.3 is 0 Å². The number of hydrogen-bond acceptors (Lipinski definition) is 4. The van der Waals surface area contributed by atoms with E-state index < -0.39 is 0 Å². The second-order valence-electron chi connectivity index (χ2n) is 4.25. The molecule has 7 heteroatoms. The molecule has 2 aromatic rings. The molecule has 0 saturated heterocycles. The summed E-state index contributed by atoms with van der Waals surface area (Å²) in [5.74, 6) is 0.480. The predicted molar refractivity (Wildman–Crippen MR) is 80.8 cm³/mol. The van der Waals surface area contributed by atoms with Crippen molar-refractivity contribution in [2.45, 2.75) is 0 Å². The summed E-state index contributed by atoms with van der Waals surface area (Å²) >= 11 is 11.5. The third kappa shape index (κ3) is 3.59. The van der Waals surface area contributed by atoms with Crippen molar-refractivity contribution in [3.8, 4) is 0 Å². The molecule has 1 N–H and O–H groups in total. The molecule has 1 amide bonds. The highest BCUT2D eigenvalue weighted by atomic mass is 35.5. The molecule has 0 bridgehead atoms. The van der Waals surface area contributed by atoms with Crippen LogP contribution < -0.4 is 10.2 Å². The van der Waals surface area contributed by atoms with Crippen molar-refractivity contribution >= 4 is 40.6 Å². The normalized spacial score (nSPS) is 10.2. The first-order valence-electron chi connectivity index (χ1n) is 5.73. The monoisotopic (exact) mass is 310 g/mol. The molecule has 0 aliphatic heterocycles. The van der Waals surface area contributed by atoms with Gasteiger partial charge < -0.3 is 10.2 Å². The number of carbonyl (C=O) groups excluding carboxylic acids is 1. The Morgan fingerprint density at radius 2 is 1.85 bits per heavy atom. The highest BCUT2D eigenvalue weighted by Gasteiger charge is 2.09. The van der Waals surface area contributed by atoms with Crippen molar-refractivity contribution < 1.29 is 4.79 Å². The van der Waals surface area contributed by atoms with E-state index in [9.17, 15) is 4.79 Å². The Balaban J connectivity index is 2.14. The lowest BCUT2D eigenvalue weighted by Gasteiger charge is -2.11. The van der Waals surface area contributed by atoms with Gasteiger partial charge in [0.05, 0.1) is 11.9 Å². The van der Waals surface area contributed by atoms with E-state index in [4.69, 9.17) is 23.2 Å². The van der Waals surface area contributed by atoms with E-state index in [1.807, 2.05) is 25.1 Å². The van der Waals surface area contributed by atoms with Crippen LogP contribution in [-0.2, 0) is 0 Å². The quantitative estimate of drug-likeness (QED) is 0.885. The number of pyridine rings is 2. The van der Waals surface area contributed by atoms with Crippen LogP contribution in [0.15, 0.2) is 30.5 Å². The third-order valence-corrected chi connectivity index (χ3v) is 2.88. The maximum absolute atomic E-state index is 12.0. The summed E-state index contributed by atoms with van der Waals surface area (Å²) in [5, 5.41) is 3.05. The molecule has 0 fully saturated rings. The molecule has 2 aromatic heterocycles. The Labute approximate surface area is 126 Å². The van der Waals surface area contributed by atoms with Crippen LogP contribution in [0.3, 0.4) is 0 Å². The van der Waals surface area contributed by atoms with Gasteiger partial charge in [0.15, 0.2) is 0 Å². The standard InChI is InChI=1S/C13H12Cl2N4O/c1-19(2)12-4-3-9(7-16-12)17-13(20)8-5-10(14)18-11(15)6-8/h3-7H,1-2H3,(H,17,20). The Kier molecular flexibility index (Phi) is 4.42. The van der Waals surface area contributed by atoms with Gasteiger partial charge in [0.2, 0.25) is 0 Å². The first-order valence-corrected chi connectivity index (χ1v) is 6.49. The SMILES string of the molecule is CN(C)c1ccc(NC(=O)c2cc(Cl)nc(Cl)c2)cn1. The molecule has 0 saturated carbocycles. The zero-order valence-corrected chi connectivity index (χ0v) is 12.4. The number of nitrogens with one attached hydrogen (secondary N) is 1. The lowest BCUT2D eigenvalue weighted by Crippen LogP contribution is -2.14. The highest BCUT2D eigenvalue weighted by Crippen LogP contribution is 2.17. The van der Waals surface area contributed by atoms with Crippen molar-refractivity contribution in [3.05, 3.63) is 46.3 Å². The number of aromatic nitrogens is 2. The number of amides is 1. The van der Waals surface area contributed by atoms with Gasteiger partial charge in [-0.3, -0.25) is 4.79 Å². The minimum absolute atomic E-state index is 0.170. The fourth-order valence-corrected chi connectivity index (χ4v) is 1.98. The minimum Gasteiger partial charge on any atom is -0.363 e. The number of hydrogen-bond donors (Lipinski definition) is 1. The number of rotatable bonds is 3. The third-order valence-electron chi connectivity index (χ3n) is 2.49. The molecule has 0 aliphatic rings. The zero-order chi connectivity index (χ0) is 14.7. The van der Waals surface area contributed by atoms with Gasteiger partial charge in [-0.25, -0.2) is 9.97 Å². The van der Waals surface area contributed by atoms with Gasteiger partial charge in [0.1, 0.15) is 16.1 Å². The largest absolute Gasteiger partial charge is 0.363 e. The molecule has 104 valence electrons. The van der Waals surface area contributed by atoms with Gasteiger partial charge in [0.25, 0.3) is 5.91 Å². The van der Waals surface area contributed by atoms with Gasteiger partial charge in [-0.1, -0.05) is 23.2 Å². The summed E-state index contributed by atoms with van der Waals surface area (Å²) in [6.45, 7) is 0. The van der Waals surface area contributed by atoms with Crippen molar-refractivity contribution in [2.75, 3.05) is 24.3 Å². The van der Waals surface area contributed by atoms with Crippen LogP contribution in [-0.4, -0.2) is 30.0 Å². The van der Waals surface area contributed by atoms with Crippen LogP contribution >= 0.6 is 23.2 Å². The second kappa shape index (κ2) is 6.07. The Morgan fingerprint density at radius 1 is 1.20 bits per heavy atom.